The van der Waals surface area contributed by atoms with Gasteiger partial charge < -0.3 is 23.8 Å². The van der Waals surface area contributed by atoms with Crippen LogP contribution in [0.15, 0.2) is 12.1 Å². The fourth-order valence-corrected chi connectivity index (χ4v) is 2.72. The summed E-state index contributed by atoms with van der Waals surface area (Å²) >= 11 is 0. The summed E-state index contributed by atoms with van der Waals surface area (Å²) in [6, 6.07) is 1.72. The Hall–Kier alpha value is -2.32. The SMILES string of the molecule is COc1cc2c(c([N+](=O)[O-])c1OC)C(C(OC)OC)=CCN2C. The van der Waals surface area contributed by atoms with Gasteiger partial charge in [-0.05, 0) is 0 Å². The fourth-order valence-electron chi connectivity index (χ4n) is 2.72. The van der Waals surface area contributed by atoms with Gasteiger partial charge in [0.1, 0.15) is 0 Å². The van der Waals surface area contributed by atoms with Crippen LogP contribution < -0.4 is 14.4 Å². The van der Waals surface area contributed by atoms with Gasteiger partial charge in [0.2, 0.25) is 5.75 Å². The van der Waals surface area contributed by atoms with Crippen molar-refractivity contribution in [3.05, 3.63) is 27.8 Å². The number of fused-ring (bicyclic) bond motifs is 1. The van der Waals surface area contributed by atoms with Gasteiger partial charge in [0.25, 0.3) is 0 Å². The van der Waals surface area contributed by atoms with Crippen molar-refractivity contribution in [2.45, 2.75) is 6.29 Å². The van der Waals surface area contributed by atoms with Gasteiger partial charge in [-0.2, -0.15) is 0 Å². The van der Waals surface area contributed by atoms with E-state index in [2.05, 4.69) is 0 Å². The molecule has 1 aliphatic heterocycles. The van der Waals surface area contributed by atoms with E-state index in [0.29, 0.717) is 29.1 Å². The Kier molecular flexibility index (Phi) is 5.07. The van der Waals surface area contributed by atoms with Gasteiger partial charge in [-0.3, -0.25) is 10.1 Å². The molecule has 0 saturated heterocycles. The lowest BCUT2D eigenvalue weighted by Gasteiger charge is -2.30. The number of ether oxygens (including phenoxy) is 4. The van der Waals surface area contributed by atoms with Crippen LogP contribution in [0, 0.1) is 10.1 Å². The maximum Gasteiger partial charge on any atom is 0.324 e. The number of rotatable bonds is 6. The van der Waals surface area contributed by atoms with Crippen LogP contribution in [0.2, 0.25) is 0 Å². The molecule has 0 fully saturated rings. The Bertz CT molecular complexity index is 639. The summed E-state index contributed by atoms with van der Waals surface area (Å²) in [4.78, 5) is 13.1. The number of hydrogen-bond acceptors (Lipinski definition) is 7. The Morgan fingerprint density at radius 3 is 2.35 bits per heavy atom. The molecule has 0 radical (unpaired) electrons. The molecule has 0 saturated carbocycles. The molecular formula is C15H20N2O6. The quantitative estimate of drug-likeness (QED) is 0.450. The summed E-state index contributed by atoms with van der Waals surface area (Å²) in [7, 11) is 7.63. The Morgan fingerprint density at radius 2 is 1.87 bits per heavy atom. The number of nitro benzene ring substituents is 1. The van der Waals surface area contributed by atoms with Crippen molar-refractivity contribution >= 4 is 16.9 Å². The van der Waals surface area contributed by atoms with Gasteiger partial charge in [-0.1, -0.05) is 6.08 Å². The molecule has 1 aliphatic rings. The number of benzene rings is 1. The van der Waals surface area contributed by atoms with Crippen molar-refractivity contribution in [3.63, 3.8) is 0 Å². The van der Waals surface area contributed by atoms with Gasteiger partial charge in [-0.25, -0.2) is 0 Å². The van der Waals surface area contributed by atoms with Crippen molar-refractivity contribution in [1.29, 1.82) is 0 Å². The van der Waals surface area contributed by atoms with E-state index in [1.165, 1.54) is 28.4 Å². The zero-order chi connectivity index (χ0) is 17.1. The molecule has 0 N–H and O–H groups in total. The zero-order valence-electron chi connectivity index (χ0n) is 13.8. The summed E-state index contributed by atoms with van der Waals surface area (Å²) in [5, 5.41) is 11.7. The predicted molar refractivity (Wildman–Crippen MR) is 85.3 cm³/mol. The van der Waals surface area contributed by atoms with Crippen LogP contribution in [-0.2, 0) is 9.47 Å². The maximum absolute atomic E-state index is 11.7. The van der Waals surface area contributed by atoms with E-state index >= 15 is 0 Å². The van der Waals surface area contributed by atoms with Crippen LogP contribution in [0.1, 0.15) is 5.56 Å². The van der Waals surface area contributed by atoms with Crippen LogP contribution in [0.25, 0.3) is 5.57 Å². The van der Waals surface area contributed by atoms with Gasteiger partial charge in [0.15, 0.2) is 12.0 Å². The molecule has 8 heteroatoms. The molecule has 1 heterocycles. The average molecular weight is 324 g/mol. The number of likely N-dealkylation sites (N-methyl/N-ethyl adjacent to an activating group) is 1. The van der Waals surface area contributed by atoms with E-state index in [9.17, 15) is 10.1 Å². The topological polar surface area (TPSA) is 83.3 Å². The molecule has 0 spiro atoms. The van der Waals surface area contributed by atoms with Crippen LogP contribution in [0.4, 0.5) is 11.4 Å². The highest BCUT2D eigenvalue weighted by Crippen LogP contribution is 2.49. The summed E-state index contributed by atoms with van der Waals surface area (Å²) < 4.78 is 21.1. The molecule has 23 heavy (non-hydrogen) atoms. The first kappa shape index (κ1) is 17.0. The lowest BCUT2D eigenvalue weighted by Crippen LogP contribution is -2.27. The third kappa shape index (κ3) is 2.82. The van der Waals surface area contributed by atoms with Crippen molar-refractivity contribution in [1.82, 2.24) is 0 Å². The zero-order valence-corrected chi connectivity index (χ0v) is 13.8. The van der Waals surface area contributed by atoms with Crippen LogP contribution >= 0.6 is 0 Å². The Balaban J connectivity index is 2.82. The summed E-state index contributed by atoms with van der Waals surface area (Å²) in [6.45, 7) is 0.568. The first-order valence-corrected chi connectivity index (χ1v) is 6.90. The molecule has 0 atom stereocenters. The number of methoxy groups -OCH3 is 4. The number of hydrogen-bond donors (Lipinski definition) is 0. The minimum Gasteiger partial charge on any atom is -0.493 e. The van der Waals surface area contributed by atoms with Gasteiger partial charge in [0.05, 0.1) is 30.4 Å². The average Bonchev–Trinajstić information content (AvgIpc) is 2.55. The monoisotopic (exact) mass is 324 g/mol. The Labute approximate surface area is 134 Å². The van der Waals surface area contributed by atoms with E-state index in [-0.39, 0.29) is 11.4 Å². The predicted octanol–water partition coefficient (Wildman–Crippen LogP) is 2.06. The smallest absolute Gasteiger partial charge is 0.324 e. The number of anilines is 1. The largest absolute Gasteiger partial charge is 0.493 e. The second-order valence-corrected chi connectivity index (χ2v) is 4.96. The molecule has 2 rings (SSSR count). The Morgan fingerprint density at radius 1 is 1.22 bits per heavy atom. The van der Waals surface area contributed by atoms with E-state index < -0.39 is 11.2 Å². The highest BCUT2D eigenvalue weighted by Gasteiger charge is 2.36. The van der Waals surface area contributed by atoms with E-state index in [0.717, 1.165) is 0 Å². The lowest BCUT2D eigenvalue weighted by molar-refractivity contribution is -0.386. The van der Waals surface area contributed by atoms with Crippen molar-refractivity contribution in [2.24, 2.45) is 0 Å². The van der Waals surface area contributed by atoms with Crippen LogP contribution in [-0.4, -0.2) is 53.2 Å². The second kappa shape index (κ2) is 6.84. The van der Waals surface area contributed by atoms with E-state index in [1.54, 1.807) is 6.07 Å². The molecule has 126 valence electrons. The normalized spacial score (nSPS) is 13.7. The number of nitro groups is 1. The minimum atomic E-state index is -0.709. The van der Waals surface area contributed by atoms with Crippen LogP contribution in [0.3, 0.4) is 0 Å². The van der Waals surface area contributed by atoms with E-state index in [4.69, 9.17) is 18.9 Å². The third-order valence-corrected chi connectivity index (χ3v) is 3.77. The maximum atomic E-state index is 11.7. The van der Waals surface area contributed by atoms with Gasteiger partial charge in [-0.15, -0.1) is 0 Å². The summed E-state index contributed by atoms with van der Waals surface area (Å²) in [6.07, 6.45) is 1.14. The molecule has 0 unspecified atom stereocenters. The first-order chi connectivity index (χ1) is 11.0. The molecule has 0 bridgehead atoms. The highest BCUT2D eigenvalue weighted by molar-refractivity contribution is 5.90. The van der Waals surface area contributed by atoms with Crippen LogP contribution in [0.5, 0.6) is 11.5 Å². The molecule has 1 aromatic carbocycles. The number of nitrogens with zero attached hydrogens (tertiary/aromatic N) is 2. The standard InChI is InChI=1S/C15H20N2O6/c1-16-7-6-9(15(22-4)23-5)12-10(16)8-11(20-2)14(21-3)13(12)17(18)19/h6,8,15H,7H2,1-5H3. The highest BCUT2D eigenvalue weighted by atomic mass is 16.7. The molecule has 1 aromatic rings. The summed E-state index contributed by atoms with van der Waals surface area (Å²) in [5.74, 6) is 0.376. The van der Waals surface area contributed by atoms with Gasteiger partial charge in [0, 0.05) is 39.5 Å². The molecule has 8 nitrogen and oxygen atoms in total. The van der Waals surface area contributed by atoms with Crippen molar-refractivity contribution in [3.8, 4) is 11.5 Å². The second-order valence-electron chi connectivity index (χ2n) is 4.96. The fraction of sp³-hybridized carbons (Fsp3) is 0.467. The minimum absolute atomic E-state index is 0.0726. The van der Waals surface area contributed by atoms with E-state index in [1.807, 2.05) is 18.0 Å². The molecular weight excluding hydrogens is 304 g/mol. The molecule has 0 amide bonds. The summed E-state index contributed by atoms with van der Waals surface area (Å²) in [5.41, 5.74) is 1.50. The van der Waals surface area contributed by atoms with Gasteiger partial charge >= 0.3 is 5.69 Å². The molecule has 0 aromatic heterocycles. The molecule has 0 aliphatic carbocycles. The lowest BCUT2D eigenvalue weighted by atomic mass is 9.95. The third-order valence-electron chi connectivity index (χ3n) is 3.77. The van der Waals surface area contributed by atoms with Crippen molar-refractivity contribution in [2.75, 3.05) is 46.9 Å². The first-order valence-electron chi connectivity index (χ1n) is 6.90. The van der Waals surface area contributed by atoms with Crippen molar-refractivity contribution < 1.29 is 23.9 Å².